The van der Waals surface area contributed by atoms with E-state index in [1.165, 1.54) is 0 Å². The minimum Gasteiger partial charge on any atom is -0.303 e. The van der Waals surface area contributed by atoms with E-state index < -0.39 is 37.9 Å². The predicted octanol–water partition coefficient (Wildman–Crippen LogP) is 7.02. The molecule has 0 aromatic carbocycles. The van der Waals surface area contributed by atoms with E-state index in [1.807, 2.05) is 0 Å². The van der Waals surface area contributed by atoms with Crippen molar-refractivity contribution < 1.29 is 37.0 Å². The molecule has 0 saturated heterocycles. The van der Waals surface area contributed by atoms with Gasteiger partial charge in [0.2, 0.25) is 0 Å². The minimum absolute atomic E-state index is 0.203. The maximum absolute atomic E-state index is 12.4. The highest BCUT2D eigenvalue weighted by Gasteiger charge is 2.35. The van der Waals surface area contributed by atoms with Gasteiger partial charge in [-0.2, -0.15) is 0 Å². The Balaban J connectivity index is 0. The van der Waals surface area contributed by atoms with E-state index >= 15 is 0 Å². The normalized spacial score (nSPS) is 17.9. The topological polar surface area (TPSA) is 112 Å². The van der Waals surface area contributed by atoms with Gasteiger partial charge in [-0.3, -0.25) is 18.1 Å². The van der Waals surface area contributed by atoms with E-state index in [1.54, 1.807) is 0 Å². The molecule has 0 aliphatic heterocycles. The molecule has 184 valence electrons. The van der Waals surface area contributed by atoms with E-state index in [-0.39, 0.29) is 49.2 Å². The number of phosphoric acid groups is 2. The summed E-state index contributed by atoms with van der Waals surface area (Å²) in [5.41, 5.74) is -3.90. The van der Waals surface area contributed by atoms with Crippen LogP contribution in [0.25, 0.3) is 0 Å². The Morgan fingerprint density at radius 3 is 1.00 bits per heavy atom. The molecular weight excluding hydrogens is 618 g/mol. The third-order valence-electron chi connectivity index (χ3n) is 2.33. The van der Waals surface area contributed by atoms with Crippen LogP contribution in [0.5, 0.6) is 0 Å². The van der Waals surface area contributed by atoms with E-state index in [4.69, 9.17) is 116 Å². The van der Waals surface area contributed by atoms with Crippen molar-refractivity contribution in [2.24, 2.45) is 0 Å². The predicted molar refractivity (Wildman–Crippen MR) is 124 cm³/mol. The SMILES string of the molecule is O=P(O)(O)OC(Cl)CCCl.O=P(OC(Cl)CCCl)(OC(Cl)CCCl)OC(Cl)CCCl. The third-order valence-corrected chi connectivity index (χ3v) is 6.99. The molecule has 0 aliphatic rings. The molecule has 0 bridgehead atoms. The van der Waals surface area contributed by atoms with Gasteiger partial charge in [-0.1, -0.05) is 46.4 Å². The summed E-state index contributed by atoms with van der Waals surface area (Å²) in [6.07, 6.45) is 0.925. The van der Waals surface area contributed by atoms with Gasteiger partial charge < -0.3 is 9.79 Å². The number of hydrogen-bond acceptors (Lipinski definition) is 6. The Morgan fingerprint density at radius 2 is 0.800 bits per heavy atom. The summed E-state index contributed by atoms with van der Waals surface area (Å²) < 4.78 is 41.7. The summed E-state index contributed by atoms with van der Waals surface area (Å²) in [5, 5.41) is 0. The number of halogens is 8. The quantitative estimate of drug-likeness (QED) is 0.137. The average molecular weight is 640 g/mol. The van der Waals surface area contributed by atoms with Crippen molar-refractivity contribution in [2.45, 2.75) is 47.9 Å². The smallest absolute Gasteiger partial charge is 0.303 e. The largest absolute Gasteiger partial charge is 0.479 e. The van der Waals surface area contributed by atoms with Gasteiger partial charge in [0.15, 0.2) is 0 Å². The molecule has 4 atom stereocenters. The van der Waals surface area contributed by atoms with Crippen LogP contribution >= 0.6 is 108 Å². The Morgan fingerprint density at radius 1 is 0.567 bits per heavy atom. The second-order valence-electron chi connectivity index (χ2n) is 4.91. The van der Waals surface area contributed by atoms with Crippen LogP contribution in [0.4, 0.5) is 0 Å². The van der Waals surface area contributed by atoms with Crippen molar-refractivity contribution in [3.05, 3.63) is 0 Å². The standard InChI is InChI=1S/C9H15Cl6O4P.C3H7Cl2O4P/c10-4-1-7(13)17-20(16,18-8(14)2-5-11)19-9(15)3-6-12;4-2-1-3(5)9-10(6,7)8/h7-9H,1-6H2;3H,1-2H2,(H2,6,7,8). The molecule has 0 aromatic heterocycles. The first kappa shape index (κ1) is 34.7. The molecule has 0 rings (SSSR count). The van der Waals surface area contributed by atoms with Gasteiger partial charge in [0, 0.05) is 49.2 Å². The van der Waals surface area contributed by atoms with Crippen LogP contribution in [-0.2, 0) is 27.2 Å². The number of hydrogen-bond donors (Lipinski definition) is 2. The summed E-state index contributed by atoms with van der Waals surface area (Å²) in [4.78, 5) is 16.4. The number of rotatable bonds is 16. The van der Waals surface area contributed by atoms with Crippen molar-refractivity contribution in [1.82, 2.24) is 0 Å². The van der Waals surface area contributed by atoms with Gasteiger partial charge >= 0.3 is 15.6 Å². The lowest BCUT2D eigenvalue weighted by molar-refractivity contribution is 0.0832. The van der Waals surface area contributed by atoms with Crippen LogP contribution in [0.3, 0.4) is 0 Å². The number of phosphoric ester groups is 2. The Hall–Kier alpha value is 2.54. The molecular formula is C12H22Cl8O8P2. The zero-order valence-electron chi connectivity index (χ0n) is 15.2. The highest BCUT2D eigenvalue weighted by molar-refractivity contribution is 7.48. The molecule has 8 nitrogen and oxygen atoms in total. The van der Waals surface area contributed by atoms with Crippen molar-refractivity contribution in [3.8, 4) is 0 Å². The molecule has 0 amide bonds. The van der Waals surface area contributed by atoms with Crippen LogP contribution < -0.4 is 0 Å². The molecule has 0 fully saturated rings. The van der Waals surface area contributed by atoms with Crippen molar-refractivity contribution in [2.75, 3.05) is 23.5 Å². The lowest BCUT2D eigenvalue weighted by Gasteiger charge is -2.24. The fraction of sp³-hybridized carbons (Fsp3) is 1.00. The zero-order valence-corrected chi connectivity index (χ0v) is 23.1. The number of alkyl halides is 8. The molecule has 2 N–H and O–H groups in total. The summed E-state index contributed by atoms with van der Waals surface area (Å²) >= 11 is 44.4. The van der Waals surface area contributed by atoms with E-state index in [9.17, 15) is 9.13 Å². The van der Waals surface area contributed by atoms with E-state index in [0.717, 1.165) is 0 Å². The maximum atomic E-state index is 12.4. The van der Waals surface area contributed by atoms with Crippen molar-refractivity contribution in [1.29, 1.82) is 0 Å². The summed E-state index contributed by atoms with van der Waals surface area (Å²) in [6.45, 7) is 0. The van der Waals surface area contributed by atoms with Gasteiger partial charge in [0.25, 0.3) is 0 Å². The van der Waals surface area contributed by atoms with Crippen LogP contribution in [0.2, 0.25) is 0 Å². The molecule has 0 saturated carbocycles. The Labute approximate surface area is 215 Å². The minimum atomic E-state index is -4.44. The maximum Gasteiger partial charge on any atom is 0.479 e. The van der Waals surface area contributed by atoms with Gasteiger partial charge in [0.05, 0.1) is 0 Å². The van der Waals surface area contributed by atoms with Crippen molar-refractivity contribution >= 4 is 108 Å². The lowest BCUT2D eigenvalue weighted by Crippen LogP contribution is -2.15. The second kappa shape index (κ2) is 19.8. The molecule has 0 radical (unpaired) electrons. The summed E-state index contributed by atoms with van der Waals surface area (Å²) in [6, 6.07) is 0. The fourth-order valence-corrected chi connectivity index (χ4v) is 5.77. The molecule has 0 heterocycles. The molecule has 18 heteroatoms. The molecule has 4 unspecified atom stereocenters. The Kier molecular flexibility index (Phi) is 22.9. The Bertz CT molecular complexity index is 474. The molecule has 0 spiro atoms. The van der Waals surface area contributed by atoms with Gasteiger partial charge in [-0.25, -0.2) is 9.13 Å². The second-order valence-corrected chi connectivity index (χ2v) is 11.1. The van der Waals surface area contributed by atoms with Gasteiger partial charge in [-0.05, 0) is 0 Å². The molecule has 0 aliphatic carbocycles. The van der Waals surface area contributed by atoms with Crippen LogP contribution in [0, 0.1) is 0 Å². The average Bonchev–Trinajstić information content (AvgIpc) is 2.53. The lowest BCUT2D eigenvalue weighted by atomic mass is 10.5. The molecule has 0 aromatic rings. The monoisotopic (exact) mass is 636 g/mol. The first-order valence-corrected chi connectivity index (χ1v) is 14.9. The van der Waals surface area contributed by atoms with Gasteiger partial charge in [0.1, 0.15) is 22.3 Å². The van der Waals surface area contributed by atoms with Crippen LogP contribution in [0.1, 0.15) is 25.7 Å². The zero-order chi connectivity index (χ0) is 23.8. The molecule has 30 heavy (non-hydrogen) atoms. The fourth-order valence-electron chi connectivity index (χ4n) is 1.20. The third kappa shape index (κ3) is 22.3. The van der Waals surface area contributed by atoms with E-state index in [2.05, 4.69) is 4.52 Å². The first-order chi connectivity index (χ1) is 13.8. The van der Waals surface area contributed by atoms with Crippen LogP contribution in [0.15, 0.2) is 0 Å². The summed E-state index contributed by atoms with van der Waals surface area (Å²) in [5.74, 6) is 0.846. The van der Waals surface area contributed by atoms with E-state index in [0.29, 0.717) is 0 Å². The summed E-state index contributed by atoms with van der Waals surface area (Å²) in [7, 11) is -8.49. The van der Waals surface area contributed by atoms with Gasteiger partial charge in [-0.15, -0.1) is 46.4 Å². The highest BCUT2D eigenvalue weighted by Crippen LogP contribution is 2.55. The first-order valence-electron chi connectivity index (χ1n) is 8.01. The van der Waals surface area contributed by atoms with Crippen LogP contribution in [-0.4, -0.2) is 55.6 Å². The van der Waals surface area contributed by atoms with Crippen molar-refractivity contribution in [3.63, 3.8) is 0 Å². The highest BCUT2D eigenvalue weighted by atomic mass is 35.5.